The Morgan fingerprint density at radius 3 is 2.42 bits per heavy atom. The molecule has 2 atom stereocenters. The van der Waals surface area contributed by atoms with E-state index in [1.807, 2.05) is 0 Å². The number of hydrogen-bond acceptors (Lipinski definition) is 6. The number of carbonyl (C=O) groups excluding carboxylic acids is 3. The molecule has 9 nitrogen and oxygen atoms in total. The van der Waals surface area contributed by atoms with Crippen LogP contribution < -0.4 is 10.2 Å². The highest BCUT2D eigenvalue weighted by atomic mass is 32.2. The molecule has 0 radical (unpaired) electrons. The smallest absolute Gasteiger partial charge is 0.252 e. The van der Waals surface area contributed by atoms with E-state index in [0.29, 0.717) is 24.4 Å². The average molecular weight is 472 g/mol. The molecule has 2 fully saturated rings. The minimum absolute atomic E-state index is 0.0257. The number of nitrogens with zero attached hydrogens (tertiary/aromatic N) is 2. The first kappa shape index (κ1) is 23.1. The fourth-order valence-corrected chi connectivity index (χ4v) is 5.73. The summed E-state index contributed by atoms with van der Waals surface area (Å²) in [5.41, 5.74) is 0.860. The van der Waals surface area contributed by atoms with Crippen molar-refractivity contribution in [1.82, 2.24) is 4.31 Å². The van der Waals surface area contributed by atoms with Gasteiger partial charge in [0, 0.05) is 25.8 Å². The molecule has 2 aliphatic heterocycles. The Kier molecular flexibility index (Phi) is 6.59. The molecule has 2 aromatic rings. The monoisotopic (exact) mass is 471 g/mol. The van der Waals surface area contributed by atoms with Crippen molar-refractivity contribution in [2.75, 3.05) is 23.4 Å². The molecule has 10 heteroatoms. The van der Waals surface area contributed by atoms with Crippen molar-refractivity contribution in [3.63, 3.8) is 0 Å². The van der Waals surface area contributed by atoms with E-state index in [1.165, 1.54) is 31.2 Å². The number of amides is 3. The molecule has 1 N–H and O–H groups in total. The van der Waals surface area contributed by atoms with Gasteiger partial charge in [-0.25, -0.2) is 13.3 Å². The normalized spacial score (nSPS) is 21.1. The van der Waals surface area contributed by atoms with Gasteiger partial charge in [0.2, 0.25) is 21.8 Å². The van der Waals surface area contributed by atoms with Crippen LogP contribution in [0.2, 0.25) is 0 Å². The van der Waals surface area contributed by atoms with Crippen LogP contribution in [0.3, 0.4) is 0 Å². The van der Waals surface area contributed by atoms with Gasteiger partial charge in [-0.1, -0.05) is 18.2 Å². The van der Waals surface area contributed by atoms with Crippen molar-refractivity contribution in [1.29, 1.82) is 0 Å². The molecule has 0 saturated carbocycles. The van der Waals surface area contributed by atoms with Crippen molar-refractivity contribution in [2.24, 2.45) is 0 Å². The first-order valence-corrected chi connectivity index (χ1v) is 12.1. The molecule has 174 valence electrons. The number of anilines is 2. The van der Waals surface area contributed by atoms with Crippen LogP contribution in [-0.4, -0.2) is 55.7 Å². The fraction of sp³-hybridized carbons (Fsp3) is 0.348. The maximum atomic E-state index is 13.6. The Morgan fingerprint density at radius 1 is 1.12 bits per heavy atom. The number of ether oxygens (including phenoxy) is 1. The maximum absolute atomic E-state index is 13.6. The molecule has 2 aromatic carbocycles. The highest BCUT2D eigenvalue weighted by Gasteiger charge is 2.47. The summed E-state index contributed by atoms with van der Waals surface area (Å²) in [4.78, 5) is 38.3. The lowest BCUT2D eigenvalue weighted by molar-refractivity contribution is -0.122. The third kappa shape index (κ3) is 4.82. The first-order valence-electron chi connectivity index (χ1n) is 10.7. The first-order chi connectivity index (χ1) is 15.8. The highest BCUT2D eigenvalue weighted by molar-refractivity contribution is 7.89. The number of para-hydroxylation sites is 1. The van der Waals surface area contributed by atoms with Crippen LogP contribution in [0.15, 0.2) is 59.5 Å². The summed E-state index contributed by atoms with van der Waals surface area (Å²) in [6, 6.07) is 13.0. The highest BCUT2D eigenvalue weighted by Crippen LogP contribution is 2.31. The van der Waals surface area contributed by atoms with Gasteiger partial charge < -0.3 is 10.1 Å². The second-order valence-corrected chi connectivity index (χ2v) is 9.93. The molecule has 2 aliphatic rings. The van der Waals surface area contributed by atoms with Crippen LogP contribution >= 0.6 is 0 Å². The second-order valence-electron chi connectivity index (χ2n) is 8.04. The van der Waals surface area contributed by atoms with Crippen LogP contribution in [0.25, 0.3) is 0 Å². The molecular weight excluding hydrogens is 446 g/mol. The number of imide groups is 1. The molecular formula is C23H25N3O6S. The van der Waals surface area contributed by atoms with Gasteiger partial charge in [0.1, 0.15) is 6.04 Å². The lowest BCUT2D eigenvalue weighted by Gasteiger charge is -2.29. The summed E-state index contributed by atoms with van der Waals surface area (Å²) in [6.07, 6.45) is 0.874. The SMILES string of the molecule is CC(=O)Nc1ccc(S(=O)(=O)N(CC2CCCO2)C2CC(=O)N(c3ccccc3)C2=O)cc1. The lowest BCUT2D eigenvalue weighted by atomic mass is 10.2. The third-order valence-corrected chi connectivity index (χ3v) is 7.56. The summed E-state index contributed by atoms with van der Waals surface area (Å²) in [7, 11) is -4.14. The van der Waals surface area contributed by atoms with Gasteiger partial charge in [-0.3, -0.25) is 14.4 Å². The zero-order chi connectivity index (χ0) is 23.6. The number of benzene rings is 2. The summed E-state index contributed by atoms with van der Waals surface area (Å²) in [5.74, 6) is -1.31. The third-order valence-electron chi connectivity index (χ3n) is 5.67. The van der Waals surface area contributed by atoms with Gasteiger partial charge in [-0.05, 0) is 49.2 Å². The Hall–Kier alpha value is -3.08. The molecule has 2 saturated heterocycles. The molecule has 4 rings (SSSR count). The van der Waals surface area contributed by atoms with Gasteiger partial charge in [-0.15, -0.1) is 0 Å². The Balaban J connectivity index is 1.67. The molecule has 2 heterocycles. The molecule has 33 heavy (non-hydrogen) atoms. The molecule has 0 aliphatic carbocycles. The average Bonchev–Trinajstić information content (AvgIpc) is 3.40. The molecule has 2 unspecified atom stereocenters. The number of carbonyl (C=O) groups is 3. The number of hydrogen-bond donors (Lipinski definition) is 1. The molecule has 0 spiro atoms. The fourth-order valence-electron chi connectivity index (χ4n) is 4.12. The summed E-state index contributed by atoms with van der Waals surface area (Å²) >= 11 is 0. The van der Waals surface area contributed by atoms with Crippen molar-refractivity contribution in [3.8, 4) is 0 Å². The van der Waals surface area contributed by atoms with Crippen molar-refractivity contribution in [2.45, 2.75) is 43.2 Å². The number of rotatable bonds is 7. The van der Waals surface area contributed by atoms with Gasteiger partial charge in [0.15, 0.2) is 0 Å². The summed E-state index contributed by atoms with van der Waals surface area (Å²) in [6.45, 7) is 1.86. The molecule has 3 amide bonds. The maximum Gasteiger partial charge on any atom is 0.252 e. The minimum atomic E-state index is -4.14. The van der Waals surface area contributed by atoms with E-state index in [4.69, 9.17) is 4.74 Å². The minimum Gasteiger partial charge on any atom is -0.377 e. The predicted molar refractivity (Wildman–Crippen MR) is 121 cm³/mol. The number of nitrogens with one attached hydrogen (secondary N) is 1. The number of sulfonamides is 1. The van der Waals surface area contributed by atoms with Gasteiger partial charge in [0.25, 0.3) is 5.91 Å². The van der Waals surface area contributed by atoms with E-state index in [2.05, 4.69) is 5.32 Å². The van der Waals surface area contributed by atoms with Crippen molar-refractivity contribution in [3.05, 3.63) is 54.6 Å². The van der Waals surface area contributed by atoms with Gasteiger partial charge >= 0.3 is 0 Å². The predicted octanol–water partition coefficient (Wildman–Crippen LogP) is 2.15. The zero-order valence-corrected chi connectivity index (χ0v) is 19.0. The van der Waals surface area contributed by atoms with E-state index in [1.54, 1.807) is 30.3 Å². The van der Waals surface area contributed by atoms with E-state index in [9.17, 15) is 22.8 Å². The van der Waals surface area contributed by atoms with Crippen LogP contribution in [0.4, 0.5) is 11.4 Å². The zero-order valence-electron chi connectivity index (χ0n) is 18.1. The lowest BCUT2D eigenvalue weighted by Crippen LogP contribution is -2.48. The van der Waals surface area contributed by atoms with Gasteiger partial charge in [-0.2, -0.15) is 4.31 Å². The standard InChI is InChI=1S/C23H25N3O6S/c1-16(27)24-17-9-11-20(12-10-17)33(30,31)25(15-19-8-5-13-32-19)21-14-22(28)26(23(21)29)18-6-3-2-4-7-18/h2-4,6-7,9-12,19,21H,5,8,13-15H2,1H3,(H,24,27). The quantitative estimate of drug-likeness (QED) is 0.619. The van der Waals surface area contributed by atoms with Crippen LogP contribution in [0.5, 0.6) is 0 Å². The van der Waals surface area contributed by atoms with E-state index >= 15 is 0 Å². The summed E-state index contributed by atoms with van der Waals surface area (Å²) in [5, 5.41) is 2.59. The van der Waals surface area contributed by atoms with Crippen LogP contribution in [0, 0.1) is 0 Å². The van der Waals surface area contributed by atoms with Crippen LogP contribution in [-0.2, 0) is 29.1 Å². The Labute approximate surface area is 192 Å². The van der Waals surface area contributed by atoms with Crippen molar-refractivity contribution < 1.29 is 27.5 Å². The summed E-state index contributed by atoms with van der Waals surface area (Å²) < 4.78 is 34.0. The Bertz CT molecular complexity index is 1140. The largest absolute Gasteiger partial charge is 0.377 e. The van der Waals surface area contributed by atoms with Gasteiger partial charge in [0.05, 0.1) is 23.1 Å². The Morgan fingerprint density at radius 2 is 1.82 bits per heavy atom. The second kappa shape index (κ2) is 9.42. The van der Waals surface area contributed by atoms with Crippen LogP contribution in [0.1, 0.15) is 26.2 Å². The van der Waals surface area contributed by atoms with E-state index in [0.717, 1.165) is 15.6 Å². The van der Waals surface area contributed by atoms with E-state index < -0.39 is 27.9 Å². The molecule has 0 bridgehead atoms. The van der Waals surface area contributed by atoms with E-state index in [-0.39, 0.29) is 29.9 Å². The van der Waals surface area contributed by atoms with Crippen molar-refractivity contribution >= 4 is 39.1 Å². The molecule has 0 aromatic heterocycles. The topological polar surface area (TPSA) is 113 Å².